The Hall–Kier alpha value is -2.34. The Kier molecular flexibility index (Phi) is 4.59. The third kappa shape index (κ3) is 3.05. The third-order valence-electron chi connectivity index (χ3n) is 2.95. The van der Waals surface area contributed by atoms with E-state index in [9.17, 15) is 4.39 Å². The largest absolute Gasteiger partial charge is 0.409 e. The van der Waals surface area contributed by atoms with Gasteiger partial charge in [0.25, 0.3) is 0 Å². The summed E-state index contributed by atoms with van der Waals surface area (Å²) >= 11 is 6.28. The van der Waals surface area contributed by atoms with Crippen LogP contribution in [0.1, 0.15) is 12.5 Å². The highest BCUT2D eigenvalue weighted by Gasteiger charge is 2.17. The molecule has 0 bridgehead atoms. The van der Waals surface area contributed by atoms with Gasteiger partial charge in [0.05, 0.1) is 5.02 Å². The molecular formula is C14H14ClFN4O. The Morgan fingerprint density at radius 3 is 2.86 bits per heavy atom. The lowest BCUT2D eigenvalue weighted by molar-refractivity contribution is 0.318. The normalized spacial score (nSPS) is 11.5. The first-order valence-electron chi connectivity index (χ1n) is 6.24. The minimum absolute atomic E-state index is 0.112. The number of anilines is 2. The molecule has 0 aliphatic rings. The molecule has 110 valence electrons. The van der Waals surface area contributed by atoms with Crippen LogP contribution in [-0.4, -0.2) is 22.6 Å². The van der Waals surface area contributed by atoms with Gasteiger partial charge in [0.15, 0.2) is 11.7 Å². The third-order valence-corrected chi connectivity index (χ3v) is 3.32. The van der Waals surface area contributed by atoms with E-state index < -0.39 is 0 Å². The number of rotatable bonds is 4. The molecule has 2 rings (SSSR count). The van der Waals surface area contributed by atoms with Crippen molar-refractivity contribution >= 4 is 28.9 Å². The minimum atomic E-state index is -0.352. The number of benzene rings is 1. The first kappa shape index (κ1) is 15.1. The molecule has 1 aromatic heterocycles. The van der Waals surface area contributed by atoms with Gasteiger partial charge in [0, 0.05) is 24.0 Å². The number of aromatic nitrogens is 1. The number of hydrogen-bond donors (Lipinski definition) is 2. The van der Waals surface area contributed by atoms with Crippen LogP contribution in [0.3, 0.4) is 0 Å². The molecule has 0 fully saturated rings. The standard InChI is InChI=1S/C14H14ClFN4O/c1-2-20(10-5-3-4-9(16)8-10)14-12(15)11(6-7-18-14)13(17)19-21/h3-8,21H,2H2,1H3,(H2,17,19). The zero-order valence-electron chi connectivity index (χ0n) is 11.3. The molecule has 1 heterocycles. The van der Waals surface area contributed by atoms with Crippen molar-refractivity contribution in [2.75, 3.05) is 11.4 Å². The van der Waals surface area contributed by atoms with Gasteiger partial charge in [-0.1, -0.05) is 22.8 Å². The van der Waals surface area contributed by atoms with Gasteiger partial charge in [-0.2, -0.15) is 0 Å². The number of nitrogens with zero attached hydrogens (tertiary/aromatic N) is 3. The van der Waals surface area contributed by atoms with Gasteiger partial charge in [0.1, 0.15) is 5.82 Å². The fourth-order valence-electron chi connectivity index (χ4n) is 1.97. The second-order valence-electron chi connectivity index (χ2n) is 4.21. The van der Waals surface area contributed by atoms with E-state index in [-0.39, 0.29) is 16.7 Å². The van der Waals surface area contributed by atoms with Gasteiger partial charge in [-0.3, -0.25) is 0 Å². The summed E-state index contributed by atoms with van der Waals surface area (Å²) in [5.74, 6) is -0.0533. The van der Waals surface area contributed by atoms with Crippen molar-refractivity contribution in [1.82, 2.24) is 4.98 Å². The molecule has 7 heteroatoms. The van der Waals surface area contributed by atoms with Crippen LogP contribution in [0.2, 0.25) is 5.02 Å². The van der Waals surface area contributed by atoms with E-state index in [2.05, 4.69) is 10.1 Å². The fraction of sp³-hybridized carbons (Fsp3) is 0.143. The Morgan fingerprint density at radius 2 is 2.24 bits per heavy atom. The van der Waals surface area contributed by atoms with Gasteiger partial charge in [-0.25, -0.2) is 9.37 Å². The van der Waals surface area contributed by atoms with Crippen LogP contribution in [0.5, 0.6) is 0 Å². The summed E-state index contributed by atoms with van der Waals surface area (Å²) in [6.07, 6.45) is 1.50. The van der Waals surface area contributed by atoms with Crippen molar-refractivity contribution in [2.24, 2.45) is 10.9 Å². The van der Waals surface area contributed by atoms with Crippen LogP contribution in [0.25, 0.3) is 0 Å². The van der Waals surface area contributed by atoms with Gasteiger partial charge in [0.2, 0.25) is 0 Å². The average Bonchev–Trinajstić information content (AvgIpc) is 2.49. The summed E-state index contributed by atoms with van der Waals surface area (Å²) in [5, 5.41) is 11.9. The van der Waals surface area contributed by atoms with Gasteiger partial charge in [-0.05, 0) is 31.2 Å². The van der Waals surface area contributed by atoms with Crippen LogP contribution in [0, 0.1) is 5.82 Å². The van der Waals surface area contributed by atoms with Crippen molar-refractivity contribution in [3.63, 3.8) is 0 Å². The molecular weight excluding hydrogens is 295 g/mol. The second-order valence-corrected chi connectivity index (χ2v) is 4.58. The molecule has 0 unspecified atom stereocenters. The van der Waals surface area contributed by atoms with Crippen molar-refractivity contribution < 1.29 is 9.60 Å². The molecule has 0 amide bonds. The molecule has 2 aromatic rings. The molecule has 21 heavy (non-hydrogen) atoms. The van der Waals surface area contributed by atoms with E-state index in [4.69, 9.17) is 22.5 Å². The highest BCUT2D eigenvalue weighted by molar-refractivity contribution is 6.36. The number of halogens is 2. The van der Waals surface area contributed by atoms with Crippen LogP contribution in [-0.2, 0) is 0 Å². The van der Waals surface area contributed by atoms with Crippen LogP contribution >= 0.6 is 11.6 Å². The molecule has 3 N–H and O–H groups in total. The number of amidine groups is 1. The molecule has 0 atom stereocenters. The Labute approximate surface area is 126 Å². The maximum absolute atomic E-state index is 13.4. The lowest BCUT2D eigenvalue weighted by Crippen LogP contribution is -2.20. The molecule has 0 aliphatic heterocycles. The molecule has 0 radical (unpaired) electrons. The summed E-state index contributed by atoms with van der Waals surface area (Å²) in [6.45, 7) is 2.41. The first-order valence-corrected chi connectivity index (χ1v) is 6.61. The number of nitrogens with two attached hydrogens (primary N) is 1. The predicted octanol–water partition coefficient (Wildman–Crippen LogP) is 3.13. The van der Waals surface area contributed by atoms with Crippen LogP contribution < -0.4 is 10.6 Å². The Bertz CT molecular complexity index is 678. The van der Waals surface area contributed by atoms with E-state index in [0.29, 0.717) is 23.6 Å². The molecule has 0 aliphatic carbocycles. The quantitative estimate of drug-likeness (QED) is 0.394. The maximum atomic E-state index is 13.4. The van der Waals surface area contributed by atoms with Crippen molar-refractivity contribution in [3.8, 4) is 0 Å². The monoisotopic (exact) mass is 308 g/mol. The number of hydrogen-bond acceptors (Lipinski definition) is 4. The molecule has 0 spiro atoms. The SMILES string of the molecule is CCN(c1cccc(F)c1)c1nccc(/C(N)=N/O)c1Cl. The maximum Gasteiger partial charge on any atom is 0.171 e. The lowest BCUT2D eigenvalue weighted by Gasteiger charge is -2.23. The molecule has 0 saturated carbocycles. The minimum Gasteiger partial charge on any atom is -0.409 e. The summed E-state index contributed by atoms with van der Waals surface area (Å²) in [5.41, 5.74) is 6.55. The van der Waals surface area contributed by atoms with E-state index >= 15 is 0 Å². The van der Waals surface area contributed by atoms with E-state index in [1.54, 1.807) is 23.1 Å². The van der Waals surface area contributed by atoms with E-state index in [1.165, 1.54) is 18.3 Å². The number of oxime groups is 1. The Morgan fingerprint density at radius 1 is 1.48 bits per heavy atom. The molecule has 1 aromatic carbocycles. The smallest absolute Gasteiger partial charge is 0.171 e. The second kappa shape index (κ2) is 6.41. The Balaban J connectivity index is 2.53. The summed E-state index contributed by atoms with van der Waals surface area (Å²) in [4.78, 5) is 5.95. The average molecular weight is 309 g/mol. The summed E-state index contributed by atoms with van der Waals surface area (Å²) in [6, 6.07) is 7.65. The first-order chi connectivity index (χ1) is 10.1. The highest BCUT2D eigenvalue weighted by atomic mass is 35.5. The summed E-state index contributed by atoms with van der Waals surface area (Å²) < 4.78 is 13.4. The lowest BCUT2D eigenvalue weighted by atomic mass is 10.2. The van der Waals surface area contributed by atoms with E-state index in [0.717, 1.165) is 0 Å². The van der Waals surface area contributed by atoms with E-state index in [1.807, 2.05) is 6.92 Å². The highest BCUT2D eigenvalue weighted by Crippen LogP contribution is 2.32. The molecule has 0 saturated heterocycles. The van der Waals surface area contributed by atoms with Gasteiger partial charge >= 0.3 is 0 Å². The molecule has 5 nitrogen and oxygen atoms in total. The zero-order chi connectivity index (χ0) is 15.4. The predicted molar refractivity (Wildman–Crippen MR) is 80.8 cm³/mol. The number of pyridine rings is 1. The van der Waals surface area contributed by atoms with Crippen LogP contribution in [0.4, 0.5) is 15.9 Å². The van der Waals surface area contributed by atoms with Crippen molar-refractivity contribution in [3.05, 3.63) is 52.9 Å². The topological polar surface area (TPSA) is 74.7 Å². The van der Waals surface area contributed by atoms with Crippen molar-refractivity contribution in [2.45, 2.75) is 6.92 Å². The van der Waals surface area contributed by atoms with Crippen molar-refractivity contribution in [1.29, 1.82) is 0 Å². The van der Waals surface area contributed by atoms with Crippen LogP contribution in [0.15, 0.2) is 41.7 Å². The fourth-order valence-corrected chi connectivity index (χ4v) is 2.28. The van der Waals surface area contributed by atoms with Gasteiger partial charge < -0.3 is 15.8 Å². The van der Waals surface area contributed by atoms with Gasteiger partial charge in [-0.15, -0.1) is 0 Å². The summed E-state index contributed by atoms with van der Waals surface area (Å²) in [7, 11) is 0. The zero-order valence-corrected chi connectivity index (χ0v) is 12.0.